The molecule has 0 fully saturated rings. The quantitative estimate of drug-likeness (QED) is 0.943. The third kappa shape index (κ3) is 3.50. The third-order valence-electron chi connectivity index (χ3n) is 4.02. The Morgan fingerprint density at radius 1 is 1.26 bits per heavy atom. The molecule has 1 N–H and O–H groups in total. The number of carbonyl (C=O) groups is 1. The number of anilines is 1. The first-order valence-corrected chi connectivity index (χ1v) is 8.13. The van der Waals surface area contributed by atoms with Crippen LogP contribution in [0.4, 0.5) is 5.95 Å². The molecule has 1 aromatic carbocycles. The van der Waals surface area contributed by atoms with E-state index in [1.165, 1.54) is 11.1 Å². The number of amides is 1. The van der Waals surface area contributed by atoms with Crippen LogP contribution >= 0.6 is 0 Å². The second kappa shape index (κ2) is 6.77. The van der Waals surface area contributed by atoms with Gasteiger partial charge in [0.25, 0.3) is 5.91 Å². The minimum atomic E-state index is -0.0236. The van der Waals surface area contributed by atoms with E-state index in [0.717, 1.165) is 31.6 Å². The predicted octanol–water partition coefficient (Wildman–Crippen LogP) is 2.81. The van der Waals surface area contributed by atoms with Crippen molar-refractivity contribution in [3.63, 3.8) is 0 Å². The summed E-state index contributed by atoms with van der Waals surface area (Å²) in [4.78, 5) is 23.4. The van der Waals surface area contributed by atoms with Crippen molar-refractivity contribution in [2.75, 3.05) is 18.4 Å². The molecule has 0 saturated heterocycles. The first-order valence-electron chi connectivity index (χ1n) is 8.13. The summed E-state index contributed by atoms with van der Waals surface area (Å²) in [5.41, 5.74) is 3.83. The molecule has 0 aliphatic carbocycles. The van der Waals surface area contributed by atoms with E-state index in [1.54, 1.807) is 6.07 Å². The monoisotopic (exact) mass is 310 g/mol. The summed E-state index contributed by atoms with van der Waals surface area (Å²) < 4.78 is 0. The van der Waals surface area contributed by atoms with E-state index in [2.05, 4.69) is 40.4 Å². The molecule has 1 amide bonds. The van der Waals surface area contributed by atoms with Crippen LogP contribution in [0.15, 0.2) is 30.3 Å². The molecule has 5 heteroatoms. The molecule has 2 aromatic rings. The van der Waals surface area contributed by atoms with Gasteiger partial charge < -0.3 is 10.2 Å². The van der Waals surface area contributed by atoms with Gasteiger partial charge in [0.1, 0.15) is 5.69 Å². The van der Waals surface area contributed by atoms with Gasteiger partial charge in [-0.15, -0.1) is 0 Å². The van der Waals surface area contributed by atoms with Gasteiger partial charge in [-0.2, -0.15) is 0 Å². The Bertz CT molecular complexity index is 714. The lowest BCUT2D eigenvalue weighted by atomic mass is 10.00. The summed E-state index contributed by atoms with van der Waals surface area (Å²) >= 11 is 0. The Labute approximate surface area is 136 Å². The normalized spacial score (nSPS) is 13.6. The minimum Gasteiger partial charge on any atom is -0.354 e. The van der Waals surface area contributed by atoms with Crippen molar-refractivity contribution in [2.24, 2.45) is 0 Å². The van der Waals surface area contributed by atoms with E-state index < -0.39 is 0 Å². The molecule has 23 heavy (non-hydrogen) atoms. The number of carbonyl (C=O) groups excluding carboxylic acids is 1. The summed E-state index contributed by atoms with van der Waals surface area (Å²) in [5, 5.41) is 3.16. The Hall–Kier alpha value is -2.43. The van der Waals surface area contributed by atoms with Crippen LogP contribution in [0.25, 0.3) is 0 Å². The Morgan fingerprint density at radius 3 is 2.83 bits per heavy atom. The van der Waals surface area contributed by atoms with Crippen LogP contribution in [0, 0.1) is 6.92 Å². The van der Waals surface area contributed by atoms with Gasteiger partial charge in [0.15, 0.2) is 0 Å². The number of benzene rings is 1. The Balaban J connectivity index is 1.79. The number of hydrogen-bond acceptors (Lipinski definition) is 4. The van der Waals surface area contributed by atoms with Crippen molar-refractivity contribution in [3.8, 4) is 0 Å². The van der Waals surface area contributed by atoms with Crippen LogP contribution in [0.5, 0.6) is 0 Å². The summed E-state index contributed by atoms with van der Waals surface area (Å²) in [6, 6.07) is 10.1. The predicted molar refractivity (Wildman–Crippen MR) is 90.4 cm³/mol. The molecule has 120 valence electrons. The average molecular weight is 310 g/mol. The maximum absolute atomic E-state index is 12.8. The van der Waals surface area contributed by atoms with E-state index in [9.17, 15) is 4.79 Å². The topological polar surface area (TPSA) is 58.1 Å². The number of aryl methyl sites for hydroxylation is 1. The van der Waals surface area contributed by atoms with Crippen LogP contribution in [-0.4, -0.2) is 33.9 Å². The maximum atomic E-state index is 12.8. The molecule has 0 radical (unpaired) electrons. The molecule has 0 atom stereocenters. The van der Waals surface area contributed by atoms with Gasteiger partial charge in [0.2, 0.25) is 5.95 Å². The number of hydrogen-bond donors (Lipinski definition) is 1. The van der Waals surface area contributed by atoms with Gasteiger partial charge in [-0.25, -0.2) is 9.97 Å². The molecule has 5 nitrogen and oxygen atoms in total. The molecule has 3 rings (SSSR count). The Morgan fingerprint density at radius 2 is 2.04 bits per heavy atom. The highest BCUT2D eigenvalue weighted by molar-refractivity contribution is 5.92. The second-order valence-electron chi connectivity index (χ2n) is 5.89. The van der Waals surface area contributed by atoms with Gasteiger partial charge in [-0.1, -0.05) is 31.2 Å². The molecular weight excluding hydrogens is 288 g/mol. The molecule has 2 heterocycles. The van der Waals surface area contributed by atoms with Gasteiger partial charge in [-0.3, -0.25) is 4.79 Å². The maximum Gasteiger partial charge on any atom is 0.272 e. The van der Waals surface area contributed by atoms with Crippen LogP contribution < -0.4 is 5.32 Å². The molecular formula is C18H22N4O. The van der Waals surface area contributed by atoms with Gasteiger partial charge >= 0.3 is 0 Å². The van der Waals surface area contributed by atoms with E-state index >= 15 is 0 Å². The van der Waals surface area contributed by atoms with Crippen LogP contribution in [0.3, 0.4) is 0 Å². The van der Waals surface area contributed by atoms with Gasteiger partial charge in [0.05, 0.1) is 0 Å². The Kier molecular flexibility index (Phi) is 4.55. The highest BCUT2D eigenvalue weighted by Gasteiger charge is 2.23. The van der Waals surface area contributed by atoms with Crippen molar-refractivity contribution in [3.05, 3.63) is 52.8 Å². The fourth-order valence-corrected chi connectivity index (χ4v) is 2.83. The lowest BCUT2D eigenvalue weighted by Crippen LogP contribution is -2.36. The first-order chi connectivity index (χ1) is 11.2. The van der Waals surface area contributed by atoms with E-state index in [1.807, 2.05) is 17.9 Å². The van der Waals surface area contributed by atoms with Crippen molar-refractivity contribution in [2.45, 2.75) is 33.2 Å². The van der Waals surface area contributed by atoms with Crippen LogP contribution in [0.2, 0.25) is 0 Å². The molecule has 1 aromatic heterocycles. The van der Waals surface area contributed by atoms with Crippen LogP contribution in [0.1, 0.15) is 40.7 Å². The molecule has 0 spiro atoms. The molecule has 1 aliphatic rings. The van der Waals surface area contributed by atoms with E-state index in [4.69, 9.17) is 0 Å². The fourth-order valence-electron chi connectivity index (χ4n) is 2.83. The number of nitrogens with one attached hydrogen (secondary N) is 1. The zero-order chi connectivity index (χ0) is 16.2. The van der Waals surface area contributed by atoms with E-state index in [-0.39, 0.29) is 5.91 Å². The SMILES string of the molecule is CCCNc1nc(C)cc(C(=O)N2CCc3ccccc3C2)n1. The third-order valence-corrected chi connectivity index (χ3v) is 4.02. The van der Waals surface area contributed by atoms with E-state index in [0.29, 0.717) is 18.2 Å². The highest BCUT2D eigenvalue weighted by Crippen LogP contribution is 2.20. The van der Waals surface area contributed by atoms with Gasteiger partial charge in [-0.05, 0) is 37.0 Å². The second-order valence-corrected chi connectivity index (χ2v) is 5.89. The molecule has 1 aliphatic heterocycles. The summed E-state index contributed by atoms with van der Waals surface area (Å²) in [7, 11) is 0. The van der Waals surface area contributed by atoms with Crippen LogP contribution in [-0.2, 0) is 13.0 Å². The van der Waals surface area contributed by atoms with Crippen molar-refractivity contribution in [1.29, 1.82) is 0 Å². The zero-order valence-corrected chi connectivity index (χ0v) is 13.7. The zero-order valence-electron chi connectivity index (χ0n) is 13.7. The number of aromatic nitrogens is 2. The molecule has 0 bridgehead atoms. The first kappa shape index (κ1) is 15.5. The minimum absolute atomic E-state index is 0.0236. The summed E-state index contributed by atoms with van der Waals surface area (Å²) in [6.07, 6.45) is 1.89. The number of rotatable bonds is 4. The fraction of sp³-hybridized carbons (Fsp3) is 0.389. The summed E-state index contributed by atoms with van der Waals surface area (Å²) in [6.45, 7) is 6.15. The van der Waals surface area contributed by atoms with Crippen molar-refractivity contribution < 1.29 is 4.79 Å². The summed E-state index contributed by atoms with van der Waals surface area (Å²) in [5.74, 6) is 0.511. The number of nitrogens with zero attached hydrogens (tertiary/aromatic N) is 3. The average Bonchev–Trinajstić information content (AvgIpc) is 2.58. The van der Waals surface area contributed by atoms with Crippen molar-refractivity contribution >= 4 is 11.9 Å². The molecule has 0 unspecified atom stereocenters. The smallest absolute Gasteiger partial charge is 0.272 e. The standard InChI is InChI=1S/C18H22N4O/c1-3-9-19-18-20-13(2)11-16(21-18)17(23)22-10-8-14-6-4-5-7-15(14)12-22/h4-7,11H,3,8-10,12H2,1-2H3,(H,19,20,21). The largest absolute Gasteiger partial charge is 0.354 e. The lowest BCUT2D eigenvalue weighted by Gasteiger charge is -2.28. The number of fused-ring (bicyclic) bond motifs is 1. The van der Waals surface area contributed by atoms with Gasteiger partial charge in [0, 0.05) is 25.3 Å². The highest BCUT2D eigenvalue weighted by atomic mass is 16.2. The lowest BCUT2D eigenvalue weighted by molar-refractivity contribution is 0.0728. The van der Waals surface area contributed by atoms with Crippen molar-refractivity contribution in [1.82, 2.24) is 14.9 Å². The molecule has 0 saturated carbocycles.